The molecule has 0 aliphatic carbocycles. The lowest BCUT2D eigenvalue weighted by Gasteiger charge is -2.08. The van der Waals surface area contributed by atoms with Crippen molar-refractivity contribution >= 4 is 5.69 Å². The van der Waals surface area contributed by atoms with Gasteiger partial charge in [0.25, 0.3) is 0 Å². The first-order valence-corrected chi connectivity index (χ1v) is 3.89. The molecule has 1 heterocycles. The van der Waals surface area contributed by atoms with Gasteiger partial charge in [-0.1, -0.05) is 0 Å². The van der Waals surface area contributed by atoms with Crippen molar-refractivity contribution in [3.05, 3.63) is 24.3 Å². The first-order valence-electron chi connectivity index (χ1n) is 3.89. The van der Waals surface area contributed by atoms with E-state index in [4.69, 9.17) is 0 Å². The van der Waals surface area contributed by atoms with Crippen LogP contribution in [0, 0.1) is 5.95 Å². The molecule has 1 rings (SSSR count). The number of anilines is 1. The number of halogens is 4. The molecule has 0 saturated carbocycles. The second-order valence-electron chi connectivity index (χ2n) is 2.66. The summed E-state index contributed by atoms with van der Waals surface area (Å²) in [7, 11) is 0. The van der Waals surface area contributed by atoms with Crippen LogP contribution in [0.5, 0.6) is 0 Å². The van der Waals surface area contributed by atoms with Crippen molar-refractivity contribution in [1.82, 2.24) is 4.98 Å². The van der Waals surface area contributed by atoms with E-state index in [1.165, 1.54) is 12.3 Å². The Morgan fingerprint density at radius 2 is 2.07 bits per heavy atom. The molecule has 0 saturated heterocycles. The van der Waals surface area contributed by atoms with Crippen LogP contribution < -0.4 is 5.32 Å². The summed E-state index contributed by atoms with van der Waals surface area (Å²) in [6, 6.07) is 2.44. The topological polar surface area (TPSA) is 24.9 Å². The van der Waals surface area contributed by atoms with Crippen molar-refractivity contribution < 1.29 is 17.6 Å². The van der Waals surface area contributed by atoms with Gasteiger partial charge < -0.3 is 5.32 Å². The number of nitrogens with zero attached hydrogens (tertiary/aromatic N) is 1. The lowest BCUT2D eigenvalue weighted by atomic mass is 10.3. The molecule has 0 fully saturated rings. The van der Waals surface area contributed by atoms with Gasteiger partial charge in [-0.05, 0) is 6.07 Å². The molecule has 14 heavy (non-hydrogen) atoms. The Bertz CT molecular complexity index is 298. The van der Waals surface area contributed by atoms with E-state index < -0.39 is 18.5 Å². The number of hydrogen-bond acceptors (Lipinski definition) is 2. The zero-order valence-electron chi connectivity index (χ0n) is 7.11. The molecule has 0 spiro atoms. The molecule has 0 aromatic carbocycles. The monoisotopic (exact) mass is 208 g/mol. The van der Waals surface area contributed by atoms with Crippen LogP contribution >= 0.6 is 0 Å². The van der Waals surface area contributed by atoms with Crippen molar-refractivity contribution in [1.29, 1.82) is 0 Å². The molecule has 1 N–H and O–H groups in total. The summed E-state index contributed by atoms with van der Waals surface area (Å²) in [6.07, 6.45) is -3.96. The Kier molecular flexibility index (Phi) is 3.27. The minimum absolute atomic E-state index is 0.271. The molecule has 0 aliphatic heterocycles. The summed E-state index contributed by atoms with van der Waals surface area (Å²) in [5.41, 5.74) is 0.293. The smallest absolute Gasteiger partial charge is 0.385 e. The maximum absolute atomic E-state index is 12.5. The largest absolute Gasteiger partial charge is 0.390 e. The normalized spacial score (nSPS) is 11.4. The molecule has 0 radical (unpaired) electrons. The van der Waals surface area contributed by atoms with E-state index in [0.29, 0.717) is 5.69 Å². The molecular weight excluding hydrogens is 200 g/mol. The van der Waals surface area contributed by atoms with E-state index in [9.17, 15) is 17.6 Å². The average Bonchev–Trinajstić information content (AvgIpc) is 2.01. The Labute approximate surface area is 78.0 Å². The van der Waals surface area contributed by atoms with E-state index in [0.717, 1.165) is 6.07 Å². The molecule has 1 aromatic rings. The molecule has 0 unspecified atom stereocenters. The van der Waals surface area contributed by atoms with Crippen molar-refractivity contribution in [2.45, 2.75) is 12.6 Å². The van der Waals surface area contributed by atoms with Gasteiger partial charge in [-0.25, -0.2) is 4.98 Å². The summed E-state index contributed by atoms with van der Waals surface area (Å²) < 4.78 is 47.6. The molecule has 6 heteroatoms. The minimum atomic E-state index is -4.20. The van der Waals surface area contributed by atoms with Crippen LogP contribution in [0.2, 0.25) is 0 Å². The van der Waals surface area contributed by atoms with Gasteiger partial charge in [0.2, 0.25) is 5.95 Å². The SMILES string of the molecule is Fc1cc(NCCC(F)(F)F)ccn1. The van der Waals surface area contributed by atoms with Crippen molar-refractivity contribution in [2.75, 3.05) is 11.9 Å². The maximum atomic E-state index is 12.5. The third kappa shape index (κ3) is 4.06. The van der Waals surface area contributed by atoms with E-state index in [1.807, 2.05) is 0 Å². The Morgan fingerprint density at radius 3 is 2.64 bits per heavy atom. The van der Waals surface area contributed by atoms with Crippen LogP contribution in [0.1, 0.15) is 6.42 Å². The van der Waals surface area contributed by atoms with Gasteiger partial charge in [0, 0.05) is 24.5 Å². The molecule has 0 aliphatic rings. The highest BCUT2D eigenvalue weighted by Crippen LogP contribution is 2.19. The minimum Gasteiger partial charge on any atom is -0.385 e. The predicted octanol–water partition coefficient (Wildman–Crippen LogP) is 2.59. The van der Waals surface area contributed by atoms with E-state index in [-0.39, 0.29) is 6.54 Å². The van der Waals surface area contributed by atoms with Gasteiger partial charge in [0.15, 0.2) is 0 Å². The first-order chi connectivity index (χ1) is 6.47. The highest BCUT2D eigenvalue weighted by molar-refractivity contribution is 5.40. The molecule has 0 bridgehead atoms. The fraction of sp³-hybridized carbons (Fsp3) is 0.375. The van der Waals surface area contributed by atoms with Crippen LogP contribution in [0.4, 0.5) is 23.2 Å². The van der Waals surface area contributed by atoms with Crippen LogP contribution in [0.3, 0.4) is 0 Å². The van der Waals surface area contributed by atoms with Crippen LogP contribution in [-0.2, 0) is 0 Å². The van der Waals surface area contributed by atoms with E-state index in [1.54, 1.807) is 0 Å². The summed E-state index contributed by atoms with van der Waals surface area (Å²) >= 11 is 0. The number of aromatic nitrogens is 1. The van der Waals surface area contributed by atoms with Gasteiger partial charge in [-0.3, -0.25) is 0 Å². The molecule has 1 aromatic heterocycles. The van der Waals surface area contributed by atoms with Gasteiger partial charge >= 0.3 is 6.18 Å². The summed E-state index contributed by atoms with van der Waals surface area (Å²) in [6.45, 7) is -0.271. The number of nitrogens with one attached hydrogen (secondary N) is 1. The summed E-state index contributed by atoms with van der Waals surface area (Å²) in [4.78, 5) is 3.27. The number of alkyl halides is 3. The van der Waals surface area contributed by atoms with E-state index >= 15 is 0 Å². The molecule has 2 nitrogen and oxygen atoms in total. The van der Waals surface area contributed by atoms with Gasteiger partial charge in [-0.2, -0.15) is 17.6 Å². The maximum Gasteiger partial charge on any atom is 0.390 e. The Balaban J connectivity index is 2.39. The lowest BCUT2D eigenvalue weighted by molar-refractivity contribution is -0.131. The van der Waals surface area contributed by atoms with Crippen molar-refractivity contribution in [3.63, 3.8) is 0 Å². The molecule has 0 amide bonds. The van der Waals surface area contributed by atoms with E-state index in [2.05, 4.69) is 10.3 Å². The third-order valence-electron chi connectivity index (χ3n) is 1.46. The number of hydrogen-bond donors (Lipinski definition) is 1. The third-order valence-corrected chi connectivity index (χ3v) is 1.46. The summed E-state index contributed by atoms with van der Waals surface area (Å²) in [5, 5.41) is 2.44. The Morgan fingerprint density at radius 1 is 1.36 bits per heavy atom. The fourth-order valence-electron chi connectivity index (χ4n) is 0.861. The second kappa shape index (κ2) is 4.26. The standard InChI is InChI=1S/C8H8F4N2/c9-7-5-6(1-3-14-7)13-4-2-8(10,11)12/h1,3,5H,2,4H2,(H,13,14). The quantitative estimate of drug-likeness (QED) is 0.610. The van der Waals surface area contributed by atoms with Gasteiger partial charge in [-0.15, -0.1) is 0 Å². The van der Waals surface area contributed by atoms with Crippen molar-refractivity contribution in [2.24, 2.45) is 0 Å². The molecule has 78 valence electrons. The molecular formula is C8H8F4N2. The second-order valence-corrected chi connectivity index (χ2v) is 2.66. The van der Waals surface area contributed by atoms with Crippen molar-refractivity contribution in [3.8, 4) is 0 Å². The first kappa shape index (κ1) is 10.7. The highest BCUT2D eigenvalue weighted by Gasteiger charge is 2.25. The summed E-state index contributed by atoms with van der Waals surface area (Å²) in [5.74, 6) is -0.720. The van der Waals surface area contributed by atoms with Gasteiger partial charge in [0.1, 0.15) is 0 Å². The van der Waals surface area contributed by atoms with Crippen LogP contribution in [0.25, 0.3) is 0 Å². The van der Waals surface area contributed by atoms with Crippen LogP contribution in [0.15, 0.2) is 18.3 Å². The highest BCUT2D eigenvalue weighted by atomic mass is 19.4. The Hall–Kier alpha value is -1.33. The predicted molar refractivity (Wildman–Crippen MR) is 43.4 cm³/mol. The van der Waals surface area contributed by atoms with Crippen LogP contribution in [-0.4, -0.2) is 17.7 Å². The number of pyridine rings is 1. The zero-order valence-corrected chi connectivity index (χ0v) is 7.11. The number of rotatable bonds is 3. The average molecular weight is 208 g/mol. The zero-order chi connectivity index (χ0) is 10.6. The molecule has 0 atom stereocenters. The lowest BCUT2D eigenvalue weighted by Crippen LogP contribution is -2.14. The fourth-order valence-corrected chi connectivity index (χ4v) is 0.861. The van der Waals surface area contributed by atoms with Gasteiger partial charge in [0.05, 0.1) is 6.42 Å².